The molecule has 186 valence electrons. The monoisotopic (exact) mass is 485 g/mol. The highest BCUT2D eigenvalue weighted by molar-refractivity contribution is 7.67. The average Bonchev–Trinajstić information content (AvgIpc) is 3.36. The van der Waals surface area contributed by atoms with Gasteiger partial charge in [-0.2, -0.15) is 6.07 Å². The van der Waals surface area contributed by atoms with Crippen LogP contribution in [0.4, 0.5) is 0 Å². The molecule has 1 aromatic carbocycles. The van der Waals surface area contributed by atoms with Crippen LogP contribution in [0.1, 0.15) is 147 Å². The Bertz CT molecular complexity index is 648. The van der Waals surface area contributed by atoms with Gasteiger partial charge in [-0.15, -0.1) is 18.8 Å². The highest BCUT2D eigenvalue weighted by atomic mass is 31.1. The summed E-state index contributed by atoms with van der Waals surface area (Å²) in [7, 11) is 0.168. The summed E-state index contributed by atoms with van der Waals surface area (Å²) < 4.78 is 0. The molecule has 4 aliphatic carbocycles. The Morgan fingerprint density at radius 1 is 0.606 bits per heavy atom. The van der Waals surface area contributed by atoms with Crippen molar-refractivity contribution in [3.05, 3.63) is 23.8 Å². The van der Waals surface area contributed by atoms with Crippen molar-refractivity contribution in [1.29, 1.82) is 0 Å². The molecular weight excluding hydrogens is 434 g/mol. The van der Waals surface area contributed by atoms with Crippen LogP contribution in [0.3, 0.4) is 0 Å². The van der Waals surface area contributed by atoms with Gasteiger partial charge in [0.25, 0.3) is 0 Å². The van der Waals surface area contributed by atoms with Crippen LogP contribution in [0, 0.1) is 0 Å². The maximum atomic E-state index is 2.73. The standard InChI is InChI=1S/C31H51P2/c1-25(32(26-15-6-2-7-16-26)27-17-8-3-9-18-27)30-23-14-24-31(30)33(28-19-10-4-11-20-28)29-21-12-5-13-22-29/h14,23-29H,2-13,15-22H2,1H3/q-1/t25-/m1/s1. The molecule has 4 aliphatic rings. The van der Waals surface area contributed by atoms with Gasteiger partial charge < -0.3 is 0 Å². The van der Waals surface area contributed by atoms with Crippen molar-refractivity contribution in [3.8, 4) is 0 Å². The maximum absolute atomic E-state index is 2.73. The van der Waals surface area contributed by atoms with Crippen molar-refractivity contribution < 1.29 is 0 Å². The topological polar surface area (TPSA) is 0 Å². The molecule has 4 saturated carbocycles. The normalized spacial score (nSPS) is 26.3. The molecule has 0 radical (unpaired) electrons. The lowest BCUT2D eigenvalue weighted by atomic mass is 9.99. The van der Waals surface area contributed by atoms with Crippen LogP contribution in [-0.2, 0) is 0 Å². The third-order valence-corrected chi connectivity index (χ3v) is 17.4. The number of hydrogen-bond donors (Lipinski definition) is 0. The molecule has 0 aliphatic heterocycles. The first-order chi connectivity index (χ1) is 16.3. The summed E-state index contributed by atoms with van der Waals surface area (Å²) in [6, 6.07) is 7.80. The first-order valence-corrected chi connectivity index (χ1v) is 18.2. The van der Waals surface area contributed by atoms with Gasteiger partial charge in [-0.25, -0.2) is 12.1 Å². The minimum atomic E-state index is 0.0424. The molecule has 2 heteroatoms. The van der Waals surface area contributed by atoms with Crippen LogP contribution in [0.2, 0.25) is 0 Å². The lowest BCUT2D eigenvalue weighted by Gasteiger charge is -2.46. The summed E-state index contributed by atoms with van der Waals surface area (Å²) in [6.07, 6.45) is 30.6. The van der Waals surface area contributed by atoms with Crippen molar-refractivity contribution in [2.24, 2.45) is 0 Å². The molecule has 5 rings (SSSR count). The maximum Gasteiger partial charge on any atom is -0.0186 e. The largest absolute Gasteiger partial charge is 0.213 e. The molecule has 0 unspecified atom stereocenters. The molecule has 0 heterocycles. The molecule has 0 spiro atoms. The fourth-order valence-electron chi connectivity index (χ4n) is 8.27. The van der Waals surface area contributed by atoms with E-state index in [1.165, 1.54) is 77.0 Å². The molecule has 33 heavy (non-hydrogen) atoms. The smallest absolute Gasteiger partial charge is 0.0186 e. The number of hydrogen-bond acceptors (Lipinski definition) is 0. The molecule has 1 atom stereocenters. The van der Waals surface area contributed by atoms with Crippen LogP contribution in [0.15, 0.2) is 18.2 Å². The van der Waals surface area contributed by atoms with Crippen molar-refractivity contribution >= 4 is 21.1 Å². The summed E-state index contributed by atoms with van der Waals surface area (Å²) in [4.78, 5) is 0. The van der Waals surface area contributed by atoms with Gasteiger partial charge >= 0.3 is 0 Å². The van der Waals surface area contributed by atoms with Gasteiger partial charge in [0.15, 0.2) is 0 Å². The van der Waals surface area contributed by atoms with Gasteiger partial charge in [0.05, 0.1) is 0 Å². The van der Waals surface area contributed by atoms with Crippen LogP contribution in [-0.4, -0.2) is 22.6 Å². The van der Waals surface area contributed by atoms with Gasteiger partial charge in [-0.3, -0.25) is 0 Å². The highest BCUT2D eigenvalue weighted by Crippen LogP contribution is 2.65. The molecule has 0 N–H and O–H groups in total. The summed E-state index contributed by atoms with van der Waals surface area (Å²) >= 11 is 0. The average molecular weight is 486 g/mol. The van der Waals surface area contributed by atoms with E-state index in [0.717, 1.165) is 28.3 Å². The molecule has 0 aromatic heterocycles. The number of rotatable bonds is 7. The summed E-state index contributed by atoms with van der Waals surface area (Å²) in [5.74, 6) is 0. The molecule has 0 bridgehead atoms. The first-order valence-electron chi connectivity index (χ1n) is 15.1. The lowest BCUT2D eigenvalue weighted by Crippen LogP contribution is -2.28. The van der Waals surface area contributed by atoms with Crippen LogP contribution < -0.4 is 5.30 Å². The van der Waals surface area contributed by atoms with E-state index in [-0.39, 0.29) is 15.8 Å². The Balaban J connectivity index is 1.44. The molecule has 0 amide bonds. The zero-order valence-electron chi connectivity index (χ0n) is 21.7. The zero-order chi connectivity index (χ0) is 22.5. The van der Waals surface area contributed by atoms with Gasteiger partial charge in [0, 0.05) is 0 Å². The molecular formula is C31H51P2-. The van der Waals surface area contributed by atoms with Crippen molar-refractivity contribution in [2.75, 3.05) is 0 Å². The van der Waals surface area contributed by atoms with E-state index >= 15 is 0 Å². The van der Waals surface area contributed by atoms with Crippen LogP contribution in [0.25, 0.3) is 0 Å². The van der Waals surface area contributed by atoms with E-state index < -0.39 is 0 Å². The molecule has 0 saturated heterocycles. The van der Waals surface area contributed by atoms with Crippen molar-refractivity contribution in [3.63, 3.8) is 0 Å². The second-order valence-corrected chi connectivity index (χ2v) is 18.0. The Morgan fingerprint density at radius 2 is 1.00 bits per heavy atom. The SMILES string of the molecule is C[C@H]([c-]1cccc1P(C1CCCCC1)C1CCCCC1)P(C1CCCCC1)C1CCCCC1. The Morgan fingerprint density at radius 3 is 1.42 bits per heavy atom. The summed E-state index contributed by atoms with van der Waals surface area (Å²) in [6.45, 7) is 2.73. The second kappa shape index (κ2) is 12.4. The summed E-state index contributed by atoms with van der Waals surface area (Å²) in [5.41, 5.74) is 6.96. The Labute approximate surface area is 208 Å². The van der Waals surface area contributed by atoms with E-state index in [0.29, 0.717) is 0 Å². The molecule has 1 aromatic rings. The fourth-order valence-corrected chi connectivity index (χ4v) is 16.8. The Hall–Kier alpha value is 0.210. The molecule has 0 nitrogen and oxygen atoms in total. The van der Waals surface area contributed by atoms with E-state index in [1.807, 2.05) is 10.9 Å². The predicted molar refractivity (Wildman–Crippen MR) is 151 cm³/mol. The van der Waals surface area contributed by atoms with Gasteiger partial charge in [-0.1, -0.05) is 91.9 Å². The predicted octanol–water partition coefficient (Wildman–Crippen LogP) is 10.4. The highest BCUT2D eigenvalue weighted by Gasteiger charge is 2.36. The zero-order valence-corrected chi connectivity index (χ0v) is 23.4. The lowest BCUT2D eigenvalue weighted by molar-refractivity contribution is 0.481. The Kier molecular flexibility index (Phi) is 9.38. The van der Waals surface area contributed by atoms with E-state index in [9.17, 15) is 0 Å². The van der Waals surface area contributed by atoms with Crippen LogP contribution >= 0.6 is 15.8 Å². The van der Waals surface area contributed by atoms with E-state index in [4.69, 9.17) is 0 Å². The van der Waals surface area contributed by atoms with Gasteiger partial charge in [0.1, 0.15) is 0 Å². The third-order valence-electron chi connectivity index (χ3n) is 9.93. The van der Waals surface area contributed by atoms with Crippen molar-refractivity contribution in [1.82, 2.24) is 0 Å². The van der Waals surface area contributed by atoms with E-state index in [1.54, 1.807) is 51.4 Å². The van der Waals surface area contributed by atoms with Crippen LogP contribution in [0.5, 0.6) is 0 Å². The minimum Gasteiger partial charge on any atom is -0.213 e. The van der Waals surface area contributed by atoms with Crippen molar-refractivity contribution in [2.45, 2.75) is 164 Å². The second-order valence-electron chi connectivity index (χ2n) is 12.1. The third kappa shape index (κ3) is 5.96. The van der Waals surface area contributed by atoms with Gasteiger partial charge in [-0.05, 0) is 79.7 Å². The quantitative estimate of drug-likeness (QED) is 0.266. The summed E-state index contributed by atoms with van der Waals surface area (Å²) in [5, 5.41) is 1.93. The minimum absolute atomic E-state index is 0.0424. The van der Waals surface area contributed by atoms with Gasteiger partial charge in [0.2, 0.25) is 0 Å². The fraction of sp³-hybridized carbons (Fsp3) is 0.839. The first kappa shape index (κ1) is 24.9. The van der Waals surface area contributed by atoms with E-state index in [2.05, 4.69) is 25.1 Å². The molecule has 4 fully saturated rings.